The van der Waals surface area contributed by atoms with Gasteiger partial charge in [0.2, 0.25) is 0 Å². The van der Waals surface area contributed by atoms with Gasteiger partial charge in [-0.25, -0.2) is 14.6 Å². The largest absolute Gasteiger partial charge is 0.461 e. The van der Waals surface area contributed by atoms with Gasteiger partial charge in [0, 0.05) is 36.0 Å². The monoisotopic (exact) mass is 484 g/mol. The zero-order valence-electron chi connectivity index (χ0n) is 19.6. The summed E-state index contributed by atoms with van der Waals surface area (Å²) in [6, 6.07) is 1.71. The van der Waals surface area contributed by atoms with Crippen LogP contribution in [0.1, 0.15) is 79.7 Å². The Bertz CT molecular complexity index is 1040. The molecule has 0 aromatic carbocycles. The first-order valence-electron chi connectivity index (χ1n) is 12.7. The van der Waals surface area contributed by atoms with E-state index in [1.54, 1.807) is 24.3 Å². The van der Waals surface area contributed by atoms with Gasteiger partial charge in [-0.1, -0.05) is 5.16 Å². The molecule has 7 rings (SSSR count). The van der Waals surface area contributed by atoms with Gasteiger partial charge >= 0.3 is 12.0 Å². The van der Waals surface area contributed by atoms with E-state index in [4.69, 9.17) is 14.2 Å². The van der Waals surface area contributed by atoms with E-state index in [0.717, 1.165) is 48.7 Å². The molecule has 34 heavy (non-hydrogen) atoms. The number of hydrogen-bond acceptors (Lipinski definition) is 7. The van der Waals surface area contributed by atoms with Crippen LogP contribution in [0.2, 0.25) is 0 Å². The Morgan fingerprint density at radius 1 is 1.18 bits per heavy atom. The second-order valence-electron chi connectivity index (χ2n) is 10.8. The maximum absolute atomic E-state index is 13.2. The molecule has 4 saturated carbocycles. The predicted molar refractivity (Wildman–Crippen MR) is 127 cm³/mol. The second-order valence-corrected chi connectivity index (χ2v) is 11.6. The van der Waals surface area contributed by atoms with Crippen LogP contribution in [-0.4, -0.2) is 52.3 Å². The zero-order valence-corrected chi connectivity index (χ0v) is 20.4. The van der Waals surface area contributed by atoms with E-state index in [0.29, 0.717) is 24.0 Å². The molecule has 0 unspecified atom stereocenters. The smallest absolute Gasteiger partial charge is 0.360 e. The number of carbonyl (C=O) groups excluding carboxylic acids is 2. The molecule has 1 aliphatic heterocycles. The Labute approximate surface area is 203 Å². The van der Waals surface area contributed by atoms with Crippen LogP contribution in [0.4, 0.5) is 4.79 Å². The summed E-state index contributed by atoms with van der Waals surface area (Å²) in [5.41, 5.74) is 0.904. The molecule has 182 valence electrons. The van der Waals surface area contributed by atoms with Crippen molar-refractivity contribution >= 4 is 23.3 Å². The fraction of sp³-hybridized carbons (Fsp3) is 0.680. The number of carbonyl (C=O) groups is 2. The Kier molecular flexibility index (Phi) is 5.62. The number of nitrogens with zero attached hydrogens (tertiary/aromatic N) is 3. The topological polar surface area (TPSA) is 97.6 Å². The lowest BCUT2D eigenvalue weighted by Crippen LogP contribution is -2.62. The van der Waals surface area contributed by atoms with E-state index in [9.17, 15) is 9.59 Å². The van der Waals surface area contributed by atoms with Gasteiger partial charge in [0.1, 0.15) is 5.69 Å². The second kappa shape index (κ2) is 8.66. The third kappa shape index (κ3) is 4.12. The molecule has 2 aromatic rings. The molecule has 5 aliphatic rings. The van der Waals surface area contributed by atoms with E-state index >= 15 is 0 Å². The Morgan fingerprint density at radius 2 is 1.85 bits per heavy atom. The van der Waals surface area contributed by atoms with Gasteiger partial charge in [0.25, 0.3) is 0 Å². The fourth-order valence-corrected chi connectivity index (χ4v) is 8.17. The van der Waals surface area contributed by atoms with E-state index in [1.807, 2.05) is 10.3 Å². The van der Waals surface area contributed by atoms with Gasteiger partial charge in [-0.15, -0.1) is 11.3 Å². The molecule has 0 radical (unpaired) electrons. The van der Waals surface area contributed by atoms with E-state index in [2.05, 4.69) is 10.5 Å². The van der Waals surface area contributed by atoms with Crippen LogP contribution in [-0.2, 0) is 4.74 Å². The van der Waals surface area contributed by atoms with Gasteiger partial charge in [-0.05, 0) is 76.0 Å². The zero-order chi connectivity index (χ0) is 23.3. The molecule has 5 fully saturated rings. The number of amides is 2. The minimum atomic E-state index is -0.493. The molecule has 4 bridgehead atoms. The maximum Gasteiger partial charge on any atom is 0.360 e. The number of ether oxygens (including phenoxy) is 1. The molecular weight excluding hydrogens is 452 g/mol. The van der Waals surface area contributed by atoms with E-state index < -0.39 is 5.97 Å². The third-order valence-electron chi connectivity index (χ3n) is 8.31. The van der Waals surface area contributed by atoms with Crippen molar-refractivity contribution in [1.82, 2.24) is 20.4 Å². The summed E-state index contributed by atoms with van der Waals surface area (Å²) in [5, 5.41) is 10.3. The Balaban J connectivity index is 1.05. The lowest BCUT2D eigenvalue weighted by Gasteiger charge is -2.57. The summed E-state index contributed by atoms with van der Waals surface area (Å²) >= 11 is 1.60. The number of urea groups is 1. The average Bonchev–Trinajstić information content (AvgIpc) is 3.48. The van der Waals surface area contributed by atoms with Crippen LogP contribution in [0.5, 0.6) is 0 Å². The highest BCUT2D eigenvalue weighted by atomic mass is 32.1. The molecule has 4 aliphatic carbocycles. The number of piperidine rings is 1. The number of thiazole rings is 1. The summed E-state index contributed by atoms with van der Waals surface area (Å²) in [5.74, 6) is 2.79. The highest BCUT2D eigenvalue weighted by Gasteiger charge is 2.51. The lowest BCUT2D eigenvalue weighted by molar-refractivity contribution is -0.0160. The Hall–Kier alpha value is -2.42. The van der Waals surface area contributed by atoms with Crippen LogP contribution >= 0.6 is 11.3 Å². The first-order chi connectivity index (χ1) is 16.5. The fourth-order valence-electron chi connectivity index (χ4n) is 7.18. The van der Waals surface area contributed by atoms with Crippen molar-refractivity contribution in [3.8, 4) is 11.5 Å². The van der Waals surface area contributed by atoms with Crippen LogP contribution in [0, 0.1) is 17.8 Å². The third-order valence-corrected chi connectivity index (χ3v) is 9.32. The van der Waals surface area contributed by atoms with Gasteiger partial charge in [0.05, 0.1) is 11.6 Å². The first-order valence-corrected chi connectivity index (χ1v) is 13.5. The lowest BCUT2D eigenvalue weighted by atomic mass is 9.53. The molecule has 1 N–H and O–H groups in total. The highest BCUT2D eigenvalue weighted by molar-refractivity contribution is 7.10. The molecule has 2 aromatic heterocycles. The van der Waals surface area contributed by atoms with Crippen molar-refractivity contribution in [2.45, 2.75) is 69.7 Å². The number of aromatic nitrogens is 2. The molecule has 0 spiro atoms. The van der Waals surface area contributed by atoms with Gasteiger partial charge in [-0.2, -0.15) is 0 Å². The van der Waals surface area contributed by atoms with Crippen LogP contribution in [0.25, 0.3) is 11.5 Å². The van der Waals surface area contributed by atoms with Crippen molar-refractivity contribution in [3.63, 3.8) is 0 Å². The normalized spacial score (nSPS) is 30.5. The van der Waals surface area contributed by atoms with Crippen molar-refractivity contribution in [3.05, 3.63) is 22.1 Å². The van der Waals surface area contributed by atoms with Gasteiger partial charge < -0.3 is 19.5 Å². The predicted octanol–water partition coefficient (Wildman–Crippen LogP) is 4.83. The first kappa shape index (κ1) is 22.1. The van der Waals surface area contributed by atoms with E-state index in [1.165, 1.54) is 38.5 Å². The molecule has 8 nitrogen and oxygen atoms in total. The summed E-state index contributed by atoms with van der Waals surface area (Å²) in [7, 11) is 0. The number of esters is 1. The minimum Gasteiger partial charge on any atom is -0.461 e. The number of nitrogens with one attached hydrogen (secondary N) is 1. The molecule has 9 heteroatoms. The number of likely N-dealkylation sites (tertiary alicyclic amines) is 1. The highest BCUT2D eigenvalue weighted by Crippen LogP contribution is 2.55. The van der Waals surface area contributed by atoms with E-state index in [-0.39, 0.29) is 17.3 Å². The number of rotatable bonds is 5. The molecule has 2 amide bonds. The Morgan fingerprint density at radius 3 is 2.50 bits per heavy atom. The average molecular weight is 485 g/mol. The quantitative estimate of drug-likeness (QED) is 0.611. The maximum atomic E-state index is 13.2. The molecular formula is C25H32N4O4S. The van der Waals surface area contributed by atoms with Crippen molar-refractivity contribution in [2.24, 2.45) is 17.8 Å². The number of hydrogen-bond donors (Lipinski definition) is 1. The summed E-state index contributed by atoms with van der Waals surface area (Å²) in [6.45, 7) is 3.56. The SMILES string of the molecule is CCOC(=O)c1cc(-c2csc(C3CCN(C(=O)NC45CC6CC(CC(C6)C4)C5)CC3)n2)on1. The van der Waals surface area contributed by atoms with Gasteiger partial charge in [-0.3, -0.25) is 0 Å². The van der Waals surface area contributed by atoms with Crippen LogP contribution in [0.3, 0.4) is 0 Å². The molecule has 3 heterocycles. The minimum absolute atomic E-state index is 0.0619. The summed E-state index contributed by atoms with van der Waals surface area (Å²) in [6.07, 6.45) is 9.52. The molecule has 1 saturated heterocycles. The summed E-state index contributed by atoms with van der Waals surface area (Å²) in [4.78, 5) is 31.8. The van der Waals surface area contributed by atoms with Crippen LogP contribution in [0.15, 0.2) is 16.0 Å². The van der Waals surface area contributed by atoms with Crippen LogP contribution < -0.4 is 5.32 Å². The standard InChI is InChI=1S/C25H32N4O4S/c1-2-32-23(30)19-10-21(33-28-19)20-14-34-22(26-20)18-3-5-29(6-4-18)24(31)27-25-11-15-7-16(12-25)9-17(8-15)13-25/h10,14-18H,2-9,11-13H2,1H3,(H,27,31). The van der Waals surface area contributed by atoms with Crippen molar-refractivity contribution in [2.75, 3.05) is 19.7 Å². The van der Waals surface area contributed by atoms with Crippen molar-refractivity contribution < 1.29 is 18.8 Å². The summed E-state index contributed by atoms with van der Waals surface area (Å²) < 4.78 is 10.3. The molecule has 0 atom stereocenters. The van der Waals surface area contributed by atoms with Gasteiger partial charge in [0.15, 0.2) is 11.5 Å². The van der Waals surface area contributed by atoms with Crippen molar-refractivity contribution in [1.29, 1.82) is 0 Å².